The standard InChI is InChI=1S/C16H15N3OS/c1-11-6-7-13(18)15(8-11)21-10-16(20)19-14-5-3-2-4-12(14)9-17/h2-8H,10,18H2,1H3,(H,19,20). The lowest BCUT2D eigenvalue weighted by molar-refractivity contribution is -0.113. The molecule has 106 valence electrons. The van der Waals surface area contributed by atoms with Crippen molar-refractivity contribution in [2.24, 2.45) is 0 Å². The topological polar surface area (TPSA) is 78.9 Å². The van der Waals surface area contributed by atoms with Crippen molar-refractivity contribution >= 4 is 29.0 Å². The fourth-order valence-electron chi connectivity index (χ4n) is 1.79. The minimum atomic E-state index is -0.163. The number of thioether (sulfide) groups is 1. The summed E-state index contributed by atoms with van der Waals surface area (Å²) in [7, 11) is 0. The van der Waals surface area contributed by atoms with Crippen molar-refractivity contribution in [1.82, 2.24) is 0 Å². The summed E-state index contributed by atoms with van der Waals surface area (Å²) in [6.45, 7) is 1.98. The van der Waals surface area contributed by atoms with Crippen molar-refractivity contribution in [3.8, 4) is 6.07 Å². The SMILES string of the molecule is Cc1ccc(N)c(SCC(=O)Nc2ccccc2C#N)c1. The van der Waals surface area contributed by atoms with Crippen LogP contribution in [-0.2, 0) is 4.79 Å². The number of benzene rings is 2. The number of amides is 1. The Balaban J connectivity index is 2.00. The maximum Gasteiger partial charge on any atom is 0.234 e. The smallest absolute Gasteiger partial charge is 0.234 e. The molecule has 0 saturated heterocycles. The van der Waals surface area contributed by atoms with E-state index in [0.29, 0.717) is 16.9 Å². The highest BCUT2D eigenvalue weighted by Crippen LogP contribution is 2.26. The maximum atomic E-state index is 12.0. The number of hydrogen-bond donors (Lipinski definition) is 2. The fraction of sp³-hybridized carbons (Fsp3) is 0.125. The van der Waals surface area contributed by atoms with Crippen molar-refractivity contribution in [3.05, 3.63) is 53.6 Å². The number of nitrogen functional groups attached to an aromatic ring is 1. The van der Waals surface area contributed by atoms with E-state index in [1.165, 1.54) is 11.8 Å². The summed E-state index contributed by atoms with van der Waals surface area (Å²) in [5.74, 6) is 0.0801. The first-order valence-corrected chi connectivity index (χ1v) is 7.36. The summed E-state index contributed by atoms with van der Waals surface area (Å²) in [6.07, 6.45) is 0. The second kappa shape index (κ2) is 6.82. The maximum absolute atomic E-state index is 12.0. The average Bonchev–Trinajstić information content (AvgIpc) is 2.49. The molecule has 0 aliphatic heterocycles. The zero-order chi connectivity index (χ0) is 15.2. The molecule has 0 saturated carbocycles. The van der Waals surface area contributed by atoms with Gasteiger partial charge in [-0.15, -0.1) is 11.8 Å². The molecular formula is C16H15N3OS. The second-order valence-electron chi connectivity index (χ2n) is 4.54. The van der Waals surface area contributed by atoms with Crippen LogP contribution >= 0.6 is 11.8 Å². The van der Waals surface area contributed by atoms with Crippen LogP contribution in [-0.4, -0.2) is 11.7 Å². The molecule has 1 amide bonds. The highest BCUT2D eigenvalue weighted by molar-refractivity contribution is 8.00. The van der Waals surface area contributed by atoms with E-state index in [9.17, 15) is 4.79 Å². The lowest BCUT2D eigenvalue weighted by Gasteiger charge is -2.08. The number of nitrogens with two attached hydrogens (primary N) is 1. The number of nitrogens with zero attached hydrogens (tertiary/aromatic N) is 1. The third kappa shape index (κ3) is 4.01. The summed E-state index contributed by atoms with van der Waals surface area (Å²) in [5, 5.41) is 11.7. The van der Waals surface area contributed by atoms with Gasteiger partial charge < -0.3 is 11.1 Å². The third-order valence-electron chi connectivity index (χ3n) is 2.85. The zero-order valence-corrected chi connectivity index (χ0v) is 12.4. The minimum absolute atomic E-state index is 0.163. The zero-order valence-electron chi connectivity index (χ0n) is 11.6. The Labute approximate surface area is 128 Å². The van der Waals surface area contributed by atoms with E-state index in [1.54, 1.807) is 24.3 Å². The van der Waals surface area contributed by atoms with Gasteiger partial charge in [0.1, 0.15) is 6.07 Å². The van der Waals surface area contributed by atoms with E-state index in [2.05, 4.69) is 5.32 Å². The van der Waals surface area contributed by atoms with Crippen molar-refractivity contribution in [2.45, 2.75) is 11.8 Å². The molecule has 0 bridgehead atoms. The van der Waals surface area contributed by atoms with Gasteiger partial charge in [-0.2, -0.15) is 5.26 Å². The van der Waals surface area contributed by atoms with E-state index >= 15 is 0 Å². The number of anilines is 2. The molecule has 3 N–H and O–H groups in total. The van der Waals surface area contributed by atoms with Crippen LogP contribution in [0.1, 0.15) is 11.1 Å². The first-order valence-electron chi connectivity index (χ1n) is 6.38. The molecule has 2 aromatic rings. The number of rotatable bonds is 4. The second-order valence-corrected chi connectivity index (χ2v) is 5.55. The van der Waals surface area contributed by atoms with Crippen LogP contribution in [0, 0.1) is 18.3 Å². The summed E-state index contributed by atoms with van der Waals surface area (Å²) in [5.41, 5.74) is 8.62. The molecule has 0 aliphatic carbocycles. The number of aryl methyl sites for hydroxylation is 1. The number of carbonyl (C=O) groups excluding carboxylic acids is 1. The Kier molecular flexibility index (Phi) is 4.85. The van der Waals surface area contributed by atoms with Gasteiger partial charge >= 0.3 is 0 Å². The van der Waals surface area contributed by atoms with Crippen molar-refractivity contribution in [3.63, 3.8) is 0 Å². The molecule has 0 fully saturated rings. The summed E-state index contributed by atoms with van der Waals surface area (Å²) in [6, 6.07) is 14.7. The molecule has 0 radical (unpaired) electrons. The molecule has 5 heteroatoms. The van der Waals surface area contributed by atoms with E-state index in [0.717, 1.165) is 10.5 Å². The first-order chi connectivity index (χ1) is 10.1. The highest BCUT2D eigenvalue weighted by atomic mass is 32.2. The van der Waals surface area contributed by atoms with Gasteiger partial charge in [-0.25, -0.2) is 0 Å². The number of para-hydroxylation sites is 1. The minimum Gasteiger partial charge on any atom is -0.398 e. The van der Waals surface area contributed by atoms with Gasteiger partial charge in [-0.1, -0.05) is 18.2 Å². The normalized spacial score (nSPS) is 9.90. The van der Waals surface area contributed by atoms with Crippen LogP contribution in [0.4, 0.5) is 11.4 Å². The Morgan fingerprint density at radius 1 is 1.33 bits per heavy atom. The highest BCUT2D eigenvalue weighted by Gasteiger charge is 2.08. The lowest BCUT2D eigenvalue weighted by Crippen LogP contribution is -2.15. The van der Waals surface area contributed by atoms with Gasteiger partial charge in [0.05, 0.1) is 17.0 Å². The average molecular weight is 297 g/mol. The van der Waals surface area contributed by atoms with Gasteiger partial charge in [0, 0.05) is 10.6 Å². The van der Waals surface area contributed by atoms with E-state index in [4.69, 9.17) is 11.0 Å². The molecule has 2 aromatic carbocycles. The summed E-state index contributed by atoms with van der Waals surface area (Å²) < 4.78 is 0. The molecule has 0 aromatic heterocycles. The quantitative estimate of drug-likeness (QED) is 0.671. The molecule has 0 atom stereocenters. The molecule has 0 aliphatic rings. The summed E-state index contributed by atoms with van der Waals surface area (Å²) >= 11 is 1.38. The van der Waals surface area contributed by atoms with Gasteiger partial charge in [-0.05, 0) is 36.8 Å². The predicted molar refractivity (Wildman–Crippen MR) is 86.1 cm³/mol. The number of hydrogen-bond acceptors (Lipinski definition) is 4. The van der Waals surface area contributed by atoms with Crippen LogP contribution < -0.4 is 11.1 Å². The third-order valence-corrected chi connectivity index (χ3v) is 3.92. The van der Waals surface area contributed by atoms with Gasteiger partial charge in [0.25, 0.3) is 0 Å². The molecule has 21 heavy (non-hydrogen) atoms. The first kappa shape index (κ1) is 14.9. The van der Waals surface area contributed by atoms with E-state index in [-0.39, 0.29) is 11.7 Å². The monoisotopic (exact) mass is 297 g/mol. The van der Waals surface area contributed by atoms with Gasteiger partial charge in [-0.3, -0.25) is 4.79 Å². The molecule has 0 spiro atoms. The number of nitriles is 1. The van der Waals surface area contributed by atoms with Crippen molar-refractivity contribution in [1.29, 1.82) is 5.26 Å². The summed E-state index contributed by atoms with van der Waals surface area (Å²) in [4.78, 5) is 12.9. The molecule has 4 nitrogen and oxygen atoms in total. The number of nitrogens with one attached hydrogen (secondary N) is 1. The Morgan fingerprint density at radius 2 is 2.10 bits per heavy atom. The largest absolute Gasteiger partial charge is 0.398 e. The number of carbonyl (C=O) groups is 1. The van der Waals surface area contributed by atoms with Crippen LogP contribution in [0.2, 0.25) is 0 Å². The van der Waals surface area contributed by atoms with Crippen molar-refractivity contribution < 1.29 is 4.79 Å². The fourth-order valence-corrected chi connectivity index (χ4v) is 2.65. The Hall–Kier alpha value is -2.45. The Bertz CT molecular complexity index is 707. The molecule has 0 unspecified atom stereocenters. The lowest BCUT2D eigenvalue weighted by atomic mass is 10.2. The van der Waals surface area contributed by atoms with Crippen LogP contribution in [0.3, 0.4) is 0 Å². The van der Waals surface area contributed by atoms with E-state index in [1.807, 2.05) is 31.2 Å². The molecular weight excluding hydrogens is 282 g/mol. The van der Waals surface area contributed by atoms with Crippen LogP contribution in [0.25, 0.3) is 0 Å². The van der Waals surface area contributed by atoms with Crippen LogP contribution in [0.15, 0.2) is 47.4 Å². The van der Waals surface area contributed by atoms with Crippen LogP contribution in [0.5, 0.6) is 0 Å². The molecule has 2 rings (SSSR count). The van der Waals surface area contributed by atoms with Gasteiger partial charge in [0.15, 0.2) is 0 Å². The predicted octanol–water partition coefficient (Wildman–Crippen LogP) is 3.18. The molecule has 0 heterocycles. The Morgan fingerprint density at radius 3 is 2.86 bits per heavy atom. The van der Waals surface area contributed by atoms with Gasteiger partial charge in [0.2, 0.25) is 5.91 Å². The van der Waals surface area contributed by atoms with E-state index < -0.39 is 0 Å². The van der Waals surface area contributed by atoms with Crippen molar-refractivity contribution in [2.75, 3.05) is 16.8 Å².